The Morgan fingerprint density at radius 3 is 3.24 bits per heavy atom. The number of rotatable bonds is 4. The Morgan fingerprint density at radius 1 is 1.65 bits per heavy atom. The van der Waals surface area contributed by atoms with Crippen LogP contribution in [0.5, 0.6) is 0 Å². The molecule has 4 heteroatoms. The summed E-state index contributed by atoms with van der Waals surface area (Å²) in [7, 11) is 0. The second kappa shape index (κ2) is 5.84. The van der Waals surface area contributed by atoms with Crippen LogP contribution in [0.25, 0.3) is 0 Å². The highest BCUT2D eigenvalue weighted by molar-refractivity contribution is 5.76. The minimum absolute atomic E-state index is 0.308. The zero-order valence-electron chi connectivity index (χ0n) is 10.5. The zero-order valence-corrected chi connectivity index (χ0v) is 10.5. The van der Waals surface area contributed by atoms with E-state index in [0.29, 0.717) is 18.2 Å². The van der Waals surface area contributed by atoms with Crippen LogP contribution >= 0.6 is 0 Å². The van der Waals surface area contributed by atoms with E-state index in [1.807, 2.05) is 11.1 Å². The molecule has 94 valence electrons. The fraction of sp³-hybridized carbons (Fsp3) is 0.692. The molecule has 0 bridgehead atoms. The highest BCUT2D eigenvalue weighted by Crippen LogP contribution is 2.24. The van der Waals surface area contributed by atoms with Crippen LogP contribution in [-0.2, 0) is 4.79 Å². The first-order chi connectivity index (χ1) is 8.31. The van der Waals surface area contributed by atoms with Gasteiger partial charge in [-0.25, -0.2) is 4.98 Å². The van der Waals surface area contributed by atoms with Crippen LogP contribution in [-0.4, -0.2) is 33.9 Å². The highest BCUT2D eigenvalue weighted by atomic mass is 16.2. The van der Waals surface area contributed by atoms with Crippen molar-refractivity contribution in [3.63, 3.8) is 0 Å². The van der Waals surface area contributed by atoms with Crippen molar-refractivity contribution in [2.75, 3.05) is 13.1 Å². The molecule has 0 saturated carbocycles. The van der Waals surface area contributed by atoms with Crippen molar-refractivity contribution in [3.05, 3.63) is 18.2 Å². The largest absolute Gasteiger partial charge is 0.348 e. The van der Waals surface area contributed by atoms with E-state index >= 15 is 0 Å². The number of hydrogen-bond donors (Lipinski definition) is 1. The summed E-state index contributed by atoms with van der Waals surface area (Å²) < 4.78 is 0. The van der Waals surface area contributed by atoms with Crippen molar-refractivity contribution < 1.29 is 4.79 Å². The summed E-state index contributed by atoms with van der Waals surface area (Å²) in [5, 5.41) is 0. The third-order valence-corrected chi connectivity index (χ3v) is 3.42. The smallest absolute Gasteiger partial charge is 0.222 e. The molecule has 1 N–H and O–H groups in total. The van der Waals surface area contributed by atoms with Gasteiger partial charge in [0.1, 0.15) is 5.82 Å². The van der Waals surface area contributed by atoms with Gasteiger partial charge in [-0.3, -0.25) is 4.79 Å². The lowest BCUT2D eigenvalue weighted by atomic mass is 9.97. The maximum absolute atomic E-state index is 12.0. The van der Waals surface area contributed by atoms with E-state index in [9.17, 15) is 4.79 Å². The number of hydrogen-bond acceptors (Lipinski definition) is 2. The lowest BCUT2D eigenvalue weighted by Gasteiger charge is -2.32. The van der Waals surface area contributed by atoms with E-state index in [1.165, 1.54) is 0 Å². The quantitative estimate of drug-likeness (QED) is 0.870. The number of aromatic nitrogens is 2. The van der Waals surface area contributed by atoms with E-state index in [1.54, 1.807) is 6.20 Å². The number of likely N-dealkylation sites (tertiary alicyclic amines) is 1. The van der Waals surface area contributed by atoms with E-state index in [2.05, 4.69) is 16.9 Å². The first-order valence-electron chi connectivity index (χ1n) is 6.58. The maximum Gasteiger partial charge on any atom is 0.222 e. The molecule has 1 aromatic heterocycles. The number of nitrogens with one attached hydrogen (secondary N) is 1. The van der Waals surface area contributed by atoms with Gasteiger partial charge in [-0.1, -0.05) is 13.3 Å². The molecule has 1 amide bonds. The van der Waals surface area contributed by atoms with Crippen molar-refractivity contribution in [2.24, 2.45) is 0 Å². The number of carbonyl (C=O) groups excluding carboxylic acids is 1. The van der Waals surface area contributed by atoms with Crippen molar-refractivity contribution in [1.29, 1.82) is 0 Å². The Kier molecular flexibility index (Phi) is 4.18. The Balaban J connectivity index is 1.90. The number of nitrogens with zero attached hydrogens (tertiary/aromatic N) is 2. The van der Waals surface area contributed by atoms with Crippen molar-refractivity contribution in [3.8, 4) is 0 Å². The topological polar surface area (TPSA) is 49.0 Å². The molecule has 1 saturated heterocycles. The monoisotopic (exact) mass is 235 g/mol. The predicted molar refractivity (Wildman–Crippen MR) is 66.7 cm³/mol. The van der Waals surface area contributed by atoms with Gasteiger partial charge in [-0.15, -0.1) is 0 Å². The standard InChI is InChI=1S/C13H21N3O/c1-2-3-6-12(17)16-9-4-5-11(10-16)13-14-7-8-15-13/h7-8,11H,2-6,9-10H2,1H3,(H,14,15). The predicted octanol–water partition coefficient (Wildman–Crippen LogP) is 2.31. The molecule has 17 heavy (non-hydrogen) atoms. The molecule has 1 aliphatic heterocycles. The van der Waals surface area contributed by atoms with Gasteiger partial charge in [-0.2, -0.15) is 0 Å². The molecular formula is C13H21N3O. The van der Waals surface area contributed by atoms with Crippen LogP contribution in [0, 0.1) is 0 Å². The number of aromatic amines is 1. The minimum atomic E-state index is 0.308. The molecule has 2 rings (SSSR count). The van der Waals surface area contributed by atoms with Gasteiger partial charge in [0.15, 0.2) is 0 Å². The average molecular weight is 235 g/mol. The highest BCUT2D eigenvalue weighted by Gasteiger charge is 2.25. The summed E-state index contributed by atoms with van der Waals surface area (Å²) in [6, 6.07) is 0. The van der Waals surface area contributed by atoms with Gasteiger partial charge in [0.25, 0.3) is 0 Å². The van der Waals surface area contributed by atoms with E-state index in [-0.39, 0.29) is 0 Å². The lowest BCUT2D eigenvalue weighted by Crippen LogP contribution is -2.39. The van der Waals surface area contributed by atoms with Crippen LogP contribution in [0.2, 0.25) is 0 Å². The first-order valence-corrected chi connectivity index (χ1v) is 6.58. The molecule has 1 fully saturated rings. The van der Waals surface area contributed by atoms with Crippen LogP contribution in [0.4, 0.5) is 0 Å². The van der Waals surface area contributed by atoms with Crippen molar-refractivity contribution in [2.45, 2.75) is 44.9 Å². The molecule has 1 atom stereocenters. The third-order valence-electron chi connectivity index (χ3n) is 3.42. The van der Waals surface area contributed by atoms with Gasteiger partial charge in [0.2, 0.25) is 5.91 Å². The Labute approximate surface area is 102 Å². The molecular weight excluding hydrogens is 214 g/mol. The molecule has 1 unspecified atom stereocenters. The normalized spacial score (nSPS) is 20.5. The summed E-state index contributed by atoms with van der Waals surface area (Å²) in [6.45, 7) is 3.87. The second-order valence-electron chi connectivity index (χ2n) is 4.76. The molecule has 4 nitrogen and oxygen atoms in total. The Bertz CT molecular complexity index is 348. The van der Waals surface area contributed by atoms with Gasteiger partial charge < -0.3 is 9.88 Å². The summed E-state index contributed by atoms with van der Waals surface area (Å²) >= 11 is 0. The summed E-state index contributed by atoms with van der Waals surface area (Å²) in [5.74, 6) is 1.73. The van der Waals surface area contributed by atoms with Crippen molar-refractivity contribution in [1.82, 2.24) is 14.9 Å². The van der Waals surface area contributed by atoms with Crippen LogP contribution in [0.15, 0.2) is 12.4 Å². The van der Waals surface area contributed by atoms with Gasteiger partial charge in [0, 0.05) is 37.8 Å². The maximum atomic E-state index is 12.0. The fourth-order valence-corrected chi connectivity index (χ4v) is 2.41. The number of imidazole rings is 1. The minimum Gasteiger partial charge on any atom is -0.348 e. The summed E-state index contributed by atoms with van der Waals surface area (Å²) in [6.07, 6.45) is 8.64. The van der Waals surface area contributed by atoms with Gasteiger partial charge >= 0.3 is 0 Å². The Morgan fingerprint density at radius 2 is 2.53 bits per heavy atom. The second-order valence-corrected chi connectivity index (χ2v) is 4.76. The average Bonchev–Trinajstić information content (AvgIpc) is 2.90. The van der Waals surface area contributed by atoms with E-state index < -0.39 is 0 Å². The Hall–Kier alpha value is -1.32. The first kappa shape index (κ1) is 12.1. The summed E-state index contributed by atoms with van der Waals surface area (Å²) in [5.41, 5.74) is 0. The molecule has 1 aliphatic rings. The lowest BCUT2D eigenvalue weighted by molar-refractivity contribution is -0.132. The molecule has 0 radical (unpaired) electrons. The number of H-pyrrole nitrogens is 1. The molecule has 0 aromatic carbocycles. The SMILES string of the molecule is CCCCC(=O)N1CCCC(c2ncc[nH]2)C1. The van der Waals surface area contributed by atoms with E-state index in [0.717, 1.165) is 44.6 Å². The summed E-state index contributed by atoms with van der Waals surface area (Å²) in [4.78, 5) is 21.4. The number of unbranched alkanes of at least 4 members (excludes halogenated alkanes) is 1. The van der Waals surface area contributed by atoms with Crippen LogP contribution in [0.1, 0.15) is 50.8 Å². The number of carbonyl (C=O) groups is 1. The molecule has 2 heterocycles. The number of amides is 1. The van der Waals surface area contributed by atoms with Gasteiger partial charge in [0.05, 0.1) is 0 Å². The molecule has 1 aromatic rings. The van der Waals surface area contributed by atoms with Gasteiger partial charge in [-0.05, 0) is 19.3 Å². The fourth-order valence-electron chi connectivity index (χ4n) is 2.41. The van der Waals surface area contributed by atoms with E-state index in [4.69, 9.17) is 0 Å². The van der Waals surface area contributed by atoms with Crippen molar-refractivity contribution >= 4 is 5.91 Å². The van der Waals surface area contributed by atoms with Crippen LogP contribution < -0.4 is 0 Å². The third kappa shape index (κ3) is 3.08. The molecule has 0 aliphatic carbocycles. The number of piperidine rings is 1. The van der Waals surface area contributed by atoms with Crippen LogP contribution in [0.3, 0.4) is 0 Å². The zero-order chi connectivity index (χ0) is 12.1. The molecule has 0 spiro atoms.